The Balaban J connectivity index is 1.66. The zero-order valence-corrected chi connectivity index (χ0v) is 26.0. The molecular weight excluding hydrogens is 569 g/mol. The van der Waals surface area contributed by atoms with Crippen LogP contribution in [0.2, 0.25) is 10.0 Å². The van der Waals surface area contributed by atoms with Gasteiger partial charge in [-0.1, -0.05) is 47.5 Å². The highest BCUT2D eigenvalue weighted by Crippen LogP contribution is 2.37. The summed E-state index contributed by atoms with van der Waals surface area (Å²) in [6.45, 7) is 11.2. The van der Waals surface area contributed by atoms with Crippen molar-refractivity contribution in [1.29, 1.82) is 0 Å². The fraction of sp³-hybridized carbons (Fsp3) is 0.433. The van der Waals surface area contributed by atoms with Gasteiger partial charge >= 0.3 is 12.1 Å². The topological polar surface area (TPSA) is 89.5 Å². The molecule has 0 spiro atoms. The van der Waals surface area contributed by atoms with Crippen LogP contribution in [-0.2, 0) is 14.3 Å². The maximum Gasteiger partial charge on any atom is 0.408 e. The van der Waals surface area contributed by atoms with E-state index in [2.05, 4.69) is 15.6 Å². The van der Waals surface area contributed by atoms with Crippen molar-refractivity contribution < 1.29 is 19.1 Å². The van der Waals surface area contributed by atoms with Gasteiger partial charge in [-0.15, -0.1) is 11.3 Å². The third-order valence-corrected chi connectivity index (χ3v) is 7.07. The summed E-state index contributed by atoms with van der Waals surface area (Å²) in [6, 6.07) is 14.8. The second-order valence-corrected chi connectivity index (χ2v) is 13.3. The van der Waals surface area contributed by atoms with Crippen LogP contribution >= 0.6 is 34.5 Å². The second kappa shape index (κ2) is 13.7. The Hall–Kier alpha value is -2.81. The molecule has 0 aliphatic rings. The number of anilines is 1. The first-order chi connectivity index (χ1) is 18.7. The number of benzene rings is 2. The van der Waals surface area contributed by atoms with Crippen molar-refractivity contribution in [2.24, 2.45) is 0 Å². The number of ether oxygens (including phenoxy) is 2. The molecule has 7 nitrogen and oxygen atoms in total. The largest absolute Gasteiger partial charge is 0.458 e. The maximum atomic E-state index is 12.8. The number of nitrogens with zero attached hydrogens (tertiary/aromatic N) is 1. The van der Waals surface area contributed by atoms with Crippen molar-refractivity contribution >= 4 is 51.7 Å². The molecule has 1 atom stereocenters. The van der Waals surface area contributed by atoms with Gasteiger partial charge in [-0.05, 0) is 89.8 Å². The number of amides is 1. The van der Waals surface area contributed by atoms with Gasteiger partial charge in [-0.25, -0.2) is 14.6 Å². The average Bonchev–Trinajstić information content (AvgIpc) is 3.29. The van der Waals surface area contributed by atoms with E-state index >= 15 is 0 Å². The zero-order chi connectivity index (χ0) is 29.5. The van der Waals surface area contributed by atoms with E-state index in [4.69, 9.17) is 32.7 Å². The van der Waals surface area contributed by atoms with Crippen LogP contribution < -0.4 is 10.6 Å². The SMILES string of the molecule is CC(C)(C)OC(=O)N[C@@H](CCCNc1ncc(C(c2ccc(Cl)cc2)c2ccc(Cl)cc2)s1)C(=O)OC(C)(C)C. The number of halogens is 2. The Morgan fingerprint density at radius 1 is 0.875 bits per heavy atom. The maximum absolute atomic E-state index is 12.8. The predicted molar refractivity (Wildman–Crippen MR) is 163 cm³/mol. The molecule has 0 fully saturated rings. The first-order valence-corrected chi connectivity index (χ1v) is 14.7. The molecule has 0 radical (unpaired) electrons. The normalized spacial score (nSPS) is 12.6. The molecule has 0 aliphatic carbocycles. The number of rotatable bonds is 10. The smallest absolute Gasteiger partial charge is 0.408 e. The Labute approximate surface area is 250 Å². The molecule has 0 saturated carbocycles. The number of nitrogens with one attached hydrogen (secondary N) is 2. The van der Waals surface area contributed by atoms with Gasteiger partial charge in [0.2, 0.25) is 0 Å². The Bertz CT molecular complexity index is 1220. The van der Waals surface area contributed by atoms with Gasteiger partial charge in [0.05, 0.1) is 0 Å². The van der Waals surface area contributed by atoms with E-state index < -0.39 is 29.3 Å². The molecule has 3 aromatic rings. The van der Waals surface area contributed by atoms with Crippen LogP contribution in [-0.4, -0.2) is 40.8 Å². The van der Waals surface area contributed by atoms with Crippen LogP contribution in [0.1, 0.15) is 76.3 Å². The first-order valence-electron chi connectivity index (χ1n) is 13.1. The highest BCUT2D eigenvalue weighted by molar-refractivity contribution is 7.15. The molecule has 216 valence electrons. The molecule has 1 heterocycles. The predicted octanol–water partition coefficient (Wildman–Crippen LogP) is 8.06. The van der Waals surface area contributed by atoms with E-state index in [0.29, 0.717) is 29.4 Å². The summed E-state index contributed by atoms with van der Waals surface area (Å²) in [7, 11) is 0. The van der Waals surface area contributed by atoms with Crippen molar-refractivity contribution in [3.05, 3.63) is 80.8 Å². The zero-order valence-electron chi connectivity index (χ0n) is 23.7. The van der Waals surface area contributed by atoms with E-state index in [1.807, 2.05) is 54.7 Å². The lowest BCUT2D eigenvalue weighted by atomic mass is 9.90. The Kier molecular flexibility index (Phi) is 10.9. The third kappa shape index (κ3) is 10.3. The van der Waals surface area contributed by atoms with Gasteiger partial charge in [0, 0.05) is 33.6 Å². The summed E-state index contributed by atoms with van der Waals surface area (Å²) in [5.41, 5.74) is 0.832. The number of carbonyl (C=O) groups excluding carboxylic acids is 2. The fourth-order valence-corrected chi connectivity index (χ4v) is 5.16. The highest BCUT2D eigenvalue weighted by atomic mass is 35.5. The molecule has 0 saturated heterocycles. The van der Waals surface area contributed by atoms with Gasteiger partial charge < -0.3 is 20.1 Å². The summed E-state index contributed by atoms with van der Waals surface area (Å²) in [4.78, 5) is 30.8. The summed E-state index contributed by atoms with van der Waals surface area (Å²) in [5, 5.41) is 8.12. The van der Waals surface area contributed by atoms with E-state index in [-0.39, 0.29) is 5.92 Å². The van der Waals surface area contributed by atoms with Gasteiger partial charge in [-0.3, -0.25) is 0 Å². The molecule has 0 bridgehead atoms. The Morgan fingerprint density at radius 3 is 1.90 bits per heavy atom. The molecule has 10 heteroatoms. The van der Waals surface area contributed by atoms with E-state index in [1.165, 1.54) is 0 Å². The molecule has 3 rings (SSSR count). The van der Waals surface area contributed by atoms with Crippen LogP contribution in [0.4, 0.5) is 9.93 Å². The van der Waals surface area contributed by atoms with Crippen LogP contribution in [0.25, 0.3) is 0 Å². The minimum atomic E-state index is -0.832. The van der Waals surface area contributed by atoms with Gasteiger partial charge in [0.25, 0.3) is 0 Å². The minimum absolute atomic E-state index is 0.0304. The number of alkyl carbamates (subject to hydrolysis) is 1. The van der Waals surface area contributed by atoms with Crippen LogP contribution in [0, 0.1) is 0 Å². The first kappa shape index (κ1) is 31.7. The van der Waals surface area contributed by atoms with Gasteiger partial charge in [0.15, 0.2) is 5.13 Å². The summed E-state index contributed by atoms with van der Waals surface area (Å²) >= 11 is 13.8. The Morgan fingerprint density at radius 2 is 1.40 bits per heavy atom. The molecule has 2 aromatic carbocycles. The van der Waals surface area contributed by atoms with Crippen molar-refractivity contribution in [3.63, 3.8) is 0 Å². The summed E-state index contributed by atoms with van der Waals surface area (Å²) in [6.07, 6.45) is 2.18. The van der Waals surface area contributed by atoms with Crippen LogP contribution in [0.3, 0.4) is 0 Å². The van der Waals surface area contributed by atoms with E-state index in [0.717, 1.165) is 21.1 Å². The molecular formula is C30H37Cl2N3O4S. The van der Waals surface area contributed by atoms with Crippen LogP contribution in [0.15, 0.2) is 54.7 Å². The number of carbonyl (C=O) groups is 2. The van der Waals surface area contributed by atoms with Gasteiger partial charge in [0.1, 0.15) is 17.2 Å². The van der Waals surface area contributed by atoms with Crippen molar-refractivity contribution in [2.75, 3.05) is 11.9 Å². The third-order valence-electron chi connectivity index (χ3n) is 5.54. The molecule has 1 amide bonds. The van der Waals surface area contributed by atoms with Crippen molar-refractivity contribution in [2.45, 2.75) is 77.5 Å². The highest BCUT2D eigenvalue weighted by Gasteiger charge is 2.28. The second-order valence-electron chi connectivity index (χ2n) is 11.4. The molecule has 0 aliphatic heterocycles. The van der Waals surface area contributed by atoms with Crippen molar-refractivity contribution in [1.82, 2.24) is 10.3 Å². The minimum Gasteiger partial charge on any atom is -0.458 e. The summed E-state index contributed by atoms with van der Waals surface area (Å²) < 4.78 is 10.9. The lowest BCUT2D eigenvalue weighted by Gasteiger charge is -2.26. The fourth-order valence-electron chi connectivity index (χ4n) is 3.91. The molecule has 2 N–H and O–H groups in total. The molecule has 40 heavy (non-hydrogen) atoms. The van der Waals surface area contributed by atoms with Crippen molar-refractivity contribution in [3.8, 4) is 0 Å². The average molecular weight is 607 g/mol. The number of hydrogen-bond acceptors (Lipinski definition) is 7. The van der Waals surface area contributed by atoms with E-state index in [1.54, 1.807) is 52.9 Å². The standard InChI is InChI=1S/C30H37Cl2N3O4S/c1-29(2,3)38-26(36)23(35-28(37)39-30(4,5)6)8-7-17-33-27-34-18-24(40-27)25(19-9-13-21(31)14-10-19)20-11-15-22(32)16-12-20/h9-16,18,23,25H,7-8,17H2,1-6H3,(H,33,34)(H,35,37)/t23-/m0/s1. The summed E-state index contributed by atoms with van der Waals surface area (Å²) in [5.74, 6) is -0.527. The van der Waals surface area contributed by atoms with Crippen LogP contribution in [0.5, 0.6) is 0 Å². The van der Waals surface area contributed by atoms with Gasteiger partial charge in [-0.2, -0.15) is 0 Å². The number of hydrogen-bond donors (Lipinski definition) is 2. The number of thiazole rings is 1. The number of aromatic nitrogens is 1. The monoisotopic (exact) mass is 605 g/mol. The lowest BCUT2D eigenvalue weighted by molar-refractivity contribution is -0.157. The molecule has 1 aromatic heterocycles. The van der Waals surface area contributed by atoms with E-state index in [9.17, 15) is 9.59 Å². The number of esters is 1. The lowest BCUT2D eigenvalue weighted by Crippen LogP contribution is -2.46. The quantitative estimate of drug-likeness (QED) is 0.179. The molecule has 0 unspecified atom stereocenters.